The number of ether oxygens (including phenoxy) is 1. The maximum absolute atomic E-state index is 10.5. The highest BCUT2D eigenvalue weighted by Gasteiger charge is 2.12. The van der Waals surface area contributed by atoms with Crippen molar-refractivity contribution in [1.29, 1.82) is 0 Å². The number of rotatable bonds is 5. The predicted molar refractivity (Wildman–Crippen MR) is 59.3 cm³/mol. The number of nitro groups is 1. The normalized spacial score (nSPS) is 11.9. The average Bonchev–Trinajstić information content (AvgIpc) is 2.29. The molecule has 0 fully saturated rings. The molecule has 1 aromatic carbocycles. The lowest BCUT2D eigenvalue weighted by molar-refractivity contribution is -0.385. The Hall–Kier alpha value is -1.88. The minimum atomic E-state index is -0.514. The monoisotopic (exact) mass is 223 g/mol. The van der Waals surface area contributed by atoms with Gasteiger partial charge in [-0.15, -0.1) is 0 Å². The van der Waals surface area contributed by atoms with Crippen LogP contribution in [0.25, 0.3) is 0 Å². The summed E-state index contributed by atoms with van der Waals surface area (Å²) in [6, 6.07) is 4.11. The summed E-state index contributed by atoms with van der Waals surface area (Å²) >= 11 is 0. The van der Waals surface area contributed by atoms with E-state index in [2.05, 4.69) is 6.58 Å². The molecule has 1 atom stereocenters. The molecule has 16 heavy (non-hydrogen) atoms. The molecule has 1 rings (SSSR count). The molecule has 0 aliphatic heterocycles. The van der Waals surface area contributed by atoms with Crippen LogP contribution < -0.4 is 4.74 Å². The van der Waals surface area contributed by atoms with Crippen LogP contribution in [0.15, 0.2) is 30.9 Å². The van der Waals surface area contributed by atoms with E-state index in [4.69, 9.17) is 9.84 Å². The quantitative estimate of drug-likeness (QED) is 0.471. The molecule has 0 bridgehead atoms. The van der Waals surface area contributed by atoms with Gasteiger partial charge in [0.15, 0.2) is 0 Å². The lowest BCUT2D eigenvalue weighted by Gasteiger charge is -2.13. The van der Waals surface area contributed by atoms with Gasteiger partial charge in [0.05, 0.1) is 11.5 Å². The summed E-state index contributed by atoms with van der Waals surface area (Å²) in [4.78, 5) is 10.0. The van der Waals surface area contributed by atoms with Gasteiger partial charge < -0.3 is 9.84 Å². The molecular formula is C11H13NO4. The smallest absolute Gasteiger partial charge is 0.270 e. The molecule has 5 nitrogen and oxygen atoms in total. The van der Waals surface area contributed by atoms with Crippen molar-refractivity contribution in [2.45, 2.75) is 19.6 Å². The Morgan fingerprint density at radius 1 is 1.69 bits per heavy atom. The Morgan fingerprint density at radius 3 is 2.88 bits per heavy atom. The van der Waals surface area contributed by atoms with Crippen LogP contribution in [0.4, 0.5) is 5.69 Å². The highest BCUT2D eigenvalue weighted by atomic mass is 16.6. The highest BCUT2D eigenvalue weighted by Crippen LogP contribution is 2.25. The standard InChI is InChI=1S/C11H13NO4/c1-3-8(2)16-11-5-4-10(12(14)15)6-9(11)7-13/h3-6,8,13H,1,7H2,2H3. The third kappa shape index (κ3) is 2.80. The third-order valence-electron chi connectivity index (χ3n) is 2.07. The molecule has 5 heteroatoms. The van der Waals surface area contributed by atoms with E-state index in [0.717, 1.165) is 0 Å². The predicted octanol–water partition coefficient (Wildman–Crippen LogP) is 2.04. The van der Waals surface area contributed by atoms with Gasteiger partial charge in [-0.3, -0.25) is 10.1 Å². The zero-order valence-corrected chi connectivity index (χ0v) is 8.92. The Bertz CT molecular complexity index is 403. The van der Waals surface area contributed by atoms with E-state index in [1.165, 1.54) is 18.2 Å². The summed E-state index contributed by atoms with van der Waals surface area (Å²) in [6.45, 7) is 5.04. The minimum Gasteiger partial charge on any atom is -0.486 e. The first-order valence-electron chi connectivity index (χ1n) is 4.76. The number of benzene rings is 1. The van der Waals surface area contributed by atoms with Crippen LogP contribution in [0.3, 0.4) is 0 Å². The maximum Gasteiger partial charge on any atom is 0.270 e. The summed E-state index contributed by atoms with van der Waals surface area (Å²) < 4.78 is 5.42. The summed E-state index contributed by atoms with van der Waals surface area (Å²) in [6.07, 6.45) is 1.38. The fourth-order valence-electron chi connectivity index (χ4n) is 1.17. The van der Waals surface area contributed by atoms with Gasteiger partial charge in [-0.25, -0.2) is 0 Å². The second-order valence-electron chi connectivity index (χ2n) is 3.27. The van der Waals surface area contributed by atoms with Crippen LogP contribution in [0, 0.1) is 10.1 Å². The minimum absolute atomic E-state index is 0.0670. The van der Waals surface area contributed by atoms with E-state index >= 15 is 0 Å². The summed E-state index contributed by atoms with van der Waals surface area (Å²) in [5, 5.41) is 19.6. The zero-order valence-electron chi connectivity index (χ0n) is 8.92. The number of aliphatic hydroxyl groups is 1. The lowest BCUT2D eigenvalue weighted by atomic mass is 10.2. The van der Waals surface area contributed by atoms with Crippen LogP contribution in [-0.2, 0) is 6.61 Å². The summed E-state index contributed by atoms with van der Waals surface area (Å²) in [5.74, 6) is 0.431. The highest BCUT2D eigenvalue weighted by molar-refractivity contribution is 5.43. The second kappa shape index (κ2) is 5.27. The molecular weight excluding hydrogens is 210 g/mol. The number of hydrogen-bond acceptors (Lipinski definition) is 4. The van der Waals surface area contributed by atoms with E-state index in [9.17, 15) is 10.1 Å². The SMILES string of the molecule is C=CC(C)Oc1ccc([N+](=O)[O-])cc1CO. The van der Waals surface area contributed by atoms with Crippen LogP contribution in [0.2, 0.25) is 0 Å². The van der Waals surface area contributed by atoms with Crippen LogP contribution in [0.1, 0.15) is 12.5 Å². The Kier molecular flexibility index (Phi) is 4.02. The van der Waals surface area contributed by atoms with Gasteiger partial charge in [-0.05, 0) is 13.0 Å². The van der Waals surface area contributed by atoms with Crippen LogP contribution >= 0.6 is 0 Å². The van der Waals surface area contributed by atoms with Crippen molar-refractivity contribution < 1.29 is 14.8 Å². The van der Waals surface area contributed by atoms with E-state index in [1.807, 2.05) is 0 Å². The molecule has 1 N–H and O–H groups in total. The van der Waals surface area contributed by atoms with E-state index in [1.54, 1.807) is 13.0 Å². The first kappa shape index (κ1) is 12.2. The largest absolute Gasteiger partial charge is 0.486 e. The molecule has 1 aromatic rings. The van der Waals surface area contributed by atoms with Gasteiger partial charge in [0.1, 0.15) is 11.9 Å². The van der Waals surface area contributed by atoms with E-state index in [-0.39, 0.29) is 18.4 Å². The number of nitrogens with zero attached hydrogens (tertiary/aromatic N) is 1. The van der Waals surface area contributed by atoms with Gasteiger partial charge in [-0.2, -0.15) is 0 Å². The van der Waals surface area contributed by atoms with Crippen molar-refractivity contribution in [1.82, 2.24) is 0 Å². The maximum atomic E-state index is 10.5. The Balaban J connectivity index is 3.01. The number of nitro benzene ring substituents is 1. The molecule has 0 saturated carbocycles. The molecule has 0 aromatic heterocycles. The van der Waals surface area contributed by atoms with E-state index < -0.39 is 4.92 Å². The van der Waals surface area contributed by atoms with Gasteiger partial charge >= 0.3 is 0 Å². The van der Waals surface area contributed by atoms with Gasteiger partial charge in [0, 0.05) is 17.7 Å². The molecule has 86 valence electrons. The molecule has 0 aliphatic rings. The molecule has 0 amide bonds. The van der Waals surface area contributed by atoms with Crippen molar-refractivity contribution in [3.8, 4) is 5.75 Å². The number of hydrogen-bond donors (Lipinski definition) is 1. The molecule has 1 unspecified atom stereocenters. The zero-order chi connectivity index (χ0) is 12.1. The van der Waals surface area contributed by atoms with Crippen molar-refractivity contribution >= 4 is 5.69 Å². The molecule has 0 aliphatic carbocycles. The molecule has 0 radical (unpaired) electrons. The van der Waals surface area contributed by atoms with Crippen molar-refractivity contribution in [3.05, 3.63) is 46.5 Å². The molecule has 0 saturated heterocycles. The fourth-order valence-corrected chi connectivity index (χ4v) is 1.17. The van der Waals surface area contributed by atoms with Crippen molar-refractivity contribution in [2.75, 3.05) is 0 Å². The first-order chi connectivity index (χ1) is 7.58. The lowest BCUT2D eigenvalue weighted by Crippen LogP contribution is -2.09. The number of non-ortho nitro benzene ring substituents is 1. The topological polar surface area (TPSA) is 72.6 Å². The molecule has 0 spiro atoms. The summed E-state index contributed by atoms with van der Waals surface area (Å²) in [7, 11) is 0. The second-order valence-corrected chi connectivity index (χ2v) is 3.27. The van der Waals surface area contributed by atoms with Crippen molar-refractivity contribution in [2.24, 2.45) is 0 Å². The molecule has 0 heterocycles. The number of aliphatic hydroxyl groups excluding tert-OH is 1. The van der Waals surface area contributed by atoms with Crippen molar-refractivity contribution in [3.63, 3.8) is 0 Å². The Morgan fingerprint density at radius 2 is 2.38 bits per heavy atom. The van der Waals surface area contributed by atoms with Crippen LogP contribution in [0.5, 0.6) is 5.75 Å². The van der Waals surface area contributed by atoms with Crippen LogP contribution in [-0.4, -0.2) is 16.1 Å². The fraction of sp³-hybridized carbons (Fsp3) is 0.273. The third-order valence-corrected chi connectivity index (χ3v) is 2.07. The van der Waals surface area contributed by atoms with Gasteiger partial charge in [-0.1, -0.05) is 12.7 Å². The average molecular weight is 223 g/mol. The van der Waals surface area contributed by atoms with Gasteiger partial charge in [0.25, 0.3) is 5.69 Å². The van der Waals surface area contributed by atoms with E-state index in [0.29, 0.717) is 11.3 Å². The van der Waals surface area contributed by atoms with Gasteiger partial charge in [0.2, 0.25) is 0 Å². The first-order valence-corrected chi connectivity index (χ1v) is 4.76. The Labute approximate surface area is 93.1 Å². The summed E-state index contributed by atoms with van der Waals surface area (Å²) in [5.41, 5.74) is 0.325.